The zero-order chi connectivity index (χ0) is 16.1. The molecular formula is C17H22N2O3. The summed E-state index contributed by atoms with van der Waals surface area (Å²) in [5.74, 6) is -0.384. The van der Waals surface area contributed by atoms with Gasteiger partial charge in [0, 0.05) is 36.8 Å². The van der Waals surface area contributed by atoms with Gasteiger partial charge in [0.1, 0.15) is 11.1 Å². The molecule has 0 fully saturated rings. The molecule has 0 saturated heterocycles. The quantitative estimate of drug-likeness (QED) is 0.833. The summed E-state index contributed by atoms with van der Waals surface area (Å²) in [6.07, 6.45) is 0.817. The second-order valence-electron chi connectivity index (χ2n) is 5.10. The Labute approximate surface area is 129 Å². The fourth-order valence-corrected chi connectivity index (χ4v) is 2.38. The molecule has 2 aromatic rings. The van der Waals surface area contributed by atoms with E-state index in [0.717, 1.165) is 30.6 Å². The van der Waals surface area contributed by atoms with Crippen LogP contribution in [0.1, 0.15) is 37.6 Å². The molecule has 5 heteroatoms. The van der Waals surface area contributed by atoms with E-state index in [-0.39, 0.29) is 11.5 Å². The maximum atomic E-state index is 12.0. The fraction of sp³-hybridized carbons (Fsp3) is 0.412. The second kappa shape index (κ2) is 7.11. The number of nitrogens with one attached hydrogen (secondary N) is 1. The van der Waals surface area contributed by atoms with E-state index < -0.39 is 5.63 Å². The van der Waals surface area contributed by atoms with Crippen LogP contribution in [0.4, 0.5) is 5.69 Å². The van der Waals surface area contributed by atoms with Gasteiger partial charge >= 0.3 is 5.63 Å². The molecule has 1 N–H and O–H groups in total. The molecular weight excluding hydrogens is 280 g/mol. The van der Waals surface area contributed by atoms with Gasteiger partial charge in [-0.05, 0) is 38.5 Å². The Balaban J connectivity index is 2.42. The number of carbonyl (C=O) groups is 1. The third kappa shape index (κ3) is 3.30. The molecule has 1 aromatic carbocycles. The number of amides is 1. The van der Waals surface area contributed by atoms with Gasteiger partial charge in [-0.1, -0.05) is 6.92 Å². The van der Waals surface area contributed by atoms with Gasteiger partial charge in [-0.15, -0.1) is 0 Å². The summed E-state index contributed by atoms with van der Waals surface area (Å²) in [4.78, 5) is 26.1. The summed E-state index contributed by atoms with van der Waals surface area (Å²) < 4.78 is 5.33. The first-order chi connectivity index (χ1) is 10.6. The van der Waals surface area contributed by atoms with Crippen molar-refractivity contribution in [3.05, 3.63) is 40.2 Å². The highest BCUT2D eigenvalue weighted by Crippen LogP contribution is 2.21. The lowest BCUT2D eigenvalue weighted by Crippen LogP contribution is -2.28. The fourth-order valence-electron chi connectivity index (χ4n) is 2.38. The van der Waals surface area contributed by atoms with E-state index in [1.165, 1.54) is 0 Å². The third-order valence-electron chi connectivity index (χ3n) is 3.63. The molecule has 0 aliphatic heterocycles. The zero-order valence-electron chi connectivity index (χ0n) is 13.3. The lowest BCUT2D eigenvalue weighted by molar-refractivity contribution is 0.0950. The maximum absolute atomic E-state index is 12.0. The predicted octanol–water partition coefficient (Wildman–Crippen LogP) is 2.78. The predicted molar refractivity (Wildman–Crippen MR) is 88.7 cm³/mol. The summed E-state index contributed by atoms with van der Waals surface area (Å²) in [7, 11) is 0. The van der Waals surface area contributed by atoms with Gasteiger partial charge in [-0.3, -0.25) is 4.79 Å². The molecule has 0 aliphatic carbocycles. The first-order valence-corrected chi connectivity index (χ1v) is 7.71. The summed E-state index contributed by atoms with van der Waals surface area (Å²) >= 11 is 0. The van der Waals surface area contributed by atoms with Crippen LogP contribution in [0.2, 0.25) is 0 Å². The number of rotatable bonds is 6. The van der Waals surface area contributed by atoms with Crippen LogP contribution in [0.5, 0.6) is 0 Å². The molecule has 0 spiro atoms. The van der Waals surface area contributed by atoms with Crippen LogP contribution in [0.25, 0.3) is 11.0 Å². The third-order valence-corrected chi connectivity index (χ3v) is 3.63. The highest BCUT2D eigenvalue weighted by Gasteiger charge is 2.14. The van der Waals surface area contributed by atoms with Crippen LogP contribution in [0.15, 0.2) is 33.5 Å². The van der Waals surface area contributed by atoms with Gasteiger partial charge in [0.15, 0.2) is 0 Å². The van der Waals surface area contributed by atoms with E-state index in [0.29, 0.717) is 12.1 Å². The smallest absolute Gasteiger partial charge is 0.349 e. The van der Waals surface area contributed by atoms with E-state index in [2.05, 4.69) is 24.1 Å². The molecule has 1 aromatic heterocycles. The lowest BCUT2D eigenvalue weighted by Gasteiger charge is -2.20. The number of hydrogen-bond donors (Lipinski definition) is 1. The van der Waals surface area contributed by atoms with Crippen molar-refractivity contribution < 1.29 is 9.21 Å². The van der Waals surface area contributed by atoms with Gasteiger partial charge in [-0.25, -0.2) is 4.79 Å². The van der Waals surface area contributed by atoms with Crippen LogP contribution in [0, 0.1) is 0 Å². The maximum Gasteiger partial charge on any atom is 0.349 e. The molecule has 1 heterocycles. The molecule has 0 atom stereocenters. The largest absolute Gasteiger partial charge is 0.422 e. The standard InChI is InChI=1S/C17H22N2O3/c1-4-9-18-16(20)14-10-12-7-8-13(19(5-2)6-3)11-15(12)22-17(14)21/h7-8,10-11H,4-6,9H2,1-3H3,(H,18,20). The van der Waals surface area contributed by atoms with Crippen molar-refractivity contribution in [2.45, 2.75) is 27.2 Å². The molecule has 118 valence electrons. The van der Waals surface area contributed by atoms with Crippen molar-refractivity contribution in [3.8, 4) is 0 Å². The van der Waals surface area contributed by atoms with Crippen molar-refractivity contribution in [2.24, 2.45) is 0 Å². The van der Waals surface area contributed by atoms with Crippen LogP contribution >= 0.6 is 0 Å². The highest BCUT2D eigenvalue weighted by atomic mass is 16.4. The second-order valence-corrected chi connectivity index (χ2v) is 5.10. The number of nitrogens with zero attached hydrogens (tertiary/aromatic N) is 1. The van der Waals surface area contributed by atoms with Gasteiger partial charge in [-0.2, -0.15) is 0 Å². The first-order valence-electron chi connectivity index (χ1n) is 7.71. The van der Waals surface area contributed by atoms with Gasteiger partial charge < -0.3 is 14.6 Å². The van der Waals surface area contributed by atoms with Crippen LogP contribution < -0.4 is 15.8 Å². The molecule has 2 rings (SSSR count). The number of anilines is 1. The van der Waals surface area contributed by atoms with E-state index in [1.54, 1.807) is 6.07 Å². The summed E-state index contributed by atoms with van der Waals surface area (Å²) in [6, 6.07) is 7.29. The van der Waals surface area contributed by atoms with E-state index >= 15 is 0 Å². The molecule has 1 amide bonds. The topological polar surface area (TPSA) is 62.6 Å². The zero-order valence-corrected chi connectivity index (χ0v) is 13.3. The summed E-state index contributed by atoms with van der Waals surface area (Å²) in [5, 5.41) is 3.44. The monoisotopic (exact) mass is 302 g/mol. The van der Waals surface area contributed by atoms with Crippen molar-refractivity contribution in [2.75, 3.05) is 24.5 Å². The van der Waals surface area contributed by atoms with Crippen LogP contribution in [-0.2, 0) is 0 Å². The number of carbonyl (C=O) groups excluding carboxylic acids is 1. The molecule has 5 nitrogen and oxygen atoms in total. The average Bonchev–Trinajstić information content (AvgIpc) is 2.53. The number of fused-ring (bicyclic) bond motifs is 1. The highest BCUT2D eigenvalue weighted by molar-refractivity contribution is 5.96. The van der Waals surface area contributed by atoms with E-state index in [1.807, 2.05) is 25.1 Å². The number of hydrogen-bond acceptors (Lipinski definition) is 4. The Morgan fingerprint density at radius 2 is 1.91 bits per heavy atom. The molecule has 22 heavy (non-hydrogen) atoms. The first kappa shape index (κ1) is 16.1. The number of benzene rings is 1. The van der Waals surface area contributed by atoms with Gasteiger partial charge in [0.25, 0.3) is 5.91 Å². The summed E-state index contributed by atoms with van der Waals surface area (Å²) in [6.45, 7) is 8.40. The van der Waals surface area contributed by atoms with Crippen molar-refractivity contribution in [1.82, 2.24) is 5.32 Å². The van der Waals surface area contributed by atoms with Gasteiger partial charge in [0.05, 0.1) is 0 Å². The Morgan fingerprint density at radius 3 is 2.55 bits per heavy atom. The minimum absolute atomic E-state index is 0.0524. The van der Waals surface area contributed by atoms with E-state index in [4.69, 9.17) is 4.42 Å². The SMILES string of the molecule is CCCNC(=O)c1cc2ccc(N(CC)CC)cc2oc1=O. The normalized spacial score (nSPS) is 10.7. The van der Waals surface area contributed by atoms with Crippen molar-refractivity contribution >= 4 is 22.6 Å². The van der Waals surface area contributed by atoms with Crippen LogP contribution in [0.3, 0.4) is 0 Å². The summed E-state index contributed by atoms with van der Waals surface area (Å²) in [5.41, 5.74) is 0.958. The minimum atomic E-state index is -0.599. The van der Waals surface area contributed by atoms with Crippen molar-refractivity contribution in [3.63, 3.8) is 0 Å². The molecule has 0 aliphatic rings. The molecule has 0 radical (unpaired) electrons. The Bertz CT molecular complexity index is 717. The van der Waals surface area contributed by atoms with Crippen LogP contribution in [-0.4, -0.2) is 25.5 Å². The molecule has 0 saturated carbocycles. The Kier molecular flexibility index (Phi) is 5.20. The van der Waals surface area contributed by atoms with Gasteiger partial charge in [0.2, 0.25) is 0 Å². The minimum Gasteiger partial charge on any atom is -0.422 e. The Hall–Kier alpha value is -2.30. The average molecular weight is 302 g/mol. The molecule has 0 bridgehead atoms. The van der Waals surface area contributed by atoms with E-state index in [9.17, 15) is 9.59 Å². The van der Waals surface area contributed by atoms with Crippen molar-refractivity contribution in [1.29, 1.82) is 0 Å². The molecule has 0 unspecified atom stereocenters. The Morgan fingerprint density at radius 1 is 1.18 bits per heavy atom. The lowest BCUT2D eigenvalue weighted by atomic mass is 10.1.